The molecule has 0 amide bonds. The van der Waals surface area contributed by atoms with Crippen molar-refractivity contribution in [1.29, 1.82) is 0 Å². The first-order valence-electron chi connectivity index (χ1n) is 6.30. The topological polar surface area (TPSA) is 72.4 Å². The Balaban J connectivity index is 1.98. The number of benzene rings is 1. The molecule has 0 unspecified atom stereocenters. The van der Waals surface area contributed by atoms with Crippen molar-refractivity contribution in [2.24, 2.45) is 0 Å². The highest BCUT2D eigenvalue weighted by Gasteiger charge is 2.11. The maximum Gasteiger partial charge on any atom is 0.269 e. The molecule has 20 heavy (non-hydrogen) atoms. The van der Waals surface area contributed by atoms with E-state index >= 15 is 0 Å². The summed E-state index contributed by atoms with van der Waals surface area (Å²) in [6, 6.07) is 8.74. The first kappa shape index (κ1) is 14.5. The molecule has 0 aliphatic rings. The van der Waals surface area contributed by atoms with Gasteiger partial charge in [-0.3, -0.25) is 10.1 Å². The normalized spacial score (nSPS) is 10.9. The van der Waals surface area contributed by atoms with Gasteiger partial charge in [0.25, 0.3) is 5.69 Å². The fourth-order valence-electron chi connectivity index (χ4n) is 1.97. The number of nitro benzene ring substituents is 1. The monoisotopic (exact) mass is 291 g/mol. The third-order valence-electron chi connectivity index (χ3n) is 3.10. The van der Waals surface area contributed by atoms with Crippen molar-refractivity contribution in [3.63, 3.8) is 0 Å². The van der Waals surface area contributed by atoms with Crippen LogP contribution in [0.25, 0.3) is 0 Å². The van der Waals surface area contributed by atoms with Crippen molar-refractivity contribution in [3.8, 4) is 0 Å². The zero-order chi connectivity index (χ0) is 14.5. The summed E-state index contributed by atoms with van der Waals surface area (Å²) in [6.45, 7) is 1.50. The van der Waals surface area contributed by atoms with E-state index in [0.717, 1.165) is 18.5 Å². The fraction of sp³-hybridized carbons (Fsp3) is 0.286. The molecule has 0 bridgehead atoms. The van der Waals surface area contributed by atoms with E-state index in [1.165, 1.54) is 10.9 Å². The van der Waals surface area contributed by atoms with Crippen LogP contribution in [0.4, 0.5) is 11.4 Å². The molecule has 0 spiro atoms. The van der Waals surface area contributed by atoms with E-state index in [1.54, 1.807) is 23.5 Å². The summed E-state index contributed by atoms with van der Waals surface area (Å²) in [7, 11) is 1.99. The number of nitrogens with two attached hydrogens (primary N) is 1. The van der Waals surface area contributed by atoms with Crippen molar-refractivity contribution >= 4 is 22.7 Å². The van der Waals surface area contributed by atoms with E-state index in [1.807, 2.05) is 13.1 Å². The largest absolute Gasteiger partial charge is 0.398 e. The molecular formula is C14H17N3O2S. The molecule has 2 rings (SSSR count). The molecule has 0 saturated heterocycles. The average Bonchev–Trinajstić information content (AvgIpc) is 2.92. The predicted octanol–water partition coefficient (Wildman–Crippen LogP) is 2.91. The van der Waals surface area contributed by atoms with Crippen molar-refractivity contribution in [1.82, 2.24) is 4.90 Å². The quantitative estimate of drug-likeness (QED) is 0.504. The summed E-state index contributed by atoms with van der Waals surface area (Å²) in [5.41, 5.74) is 7.36. The molecule has 0 aliphatic heterocycles. The molecule has 106 valence electrons. The Bertz CT molecular complexity index is 584. The number of thiophene rings is 1. The van der Waals surface area contributed by atoms with Gasteiger partial charge in [-0.25, -0.2) is 0 Å². The highest BCUT2D eigenvalue weighted by Crippen LogP contribution is 2.21. The molecule has 5 nitrogen and oxygen atoms in total. The minimum atomic E-state index is -0.394. The molecule has 1 aromatic carbocycles. The summed E-state index contributed by atoms with van der Waals surface area (Å²) >= 11 is 1.74. The van der Waals surface area contributed by atoms with Gasteiger partial charge in [0.15, 0.2) is 0 Å². The second kappa shape index (κ2) is 6.49. The van der Waals surface area contributed by atoms with Crippen LogP contribution in [0.1, 0.15) is 10.4 Å². The number of non-ortho nitro benzene ring substituents is 1. The van der Waals surface area contributed by atoms with E-state index in [2.05, 4.69) is 16.3 Å². The smallest absolute Gasteiger partial charge is 0.269 e. The van der Waals surface area contributed by atoms with E-state index in [-0.39, 0.29) is 5.69 Å². The lowest BCUT2D eigenvalue weighted by atomic mass is 10.1. The third kappa shape index (κ3) is 3.79. The standard InChI is InChI=1S/C14H17N3O2S/c1-16(7-6-13-3-2-8-20-13)10-11-9-12(17(18)19)4-5-14(11)15/h2-5,8-9H,6-7,10,15H2,1H3. The van der Waals surface area contributed by atoms with E-state index < -0.39 is 4.92 Å². The summed E-state index contributed by atoms with van der Waals surface area (Å²) < 4.78 is 0. The molecule has 0 radical (unpaired) electrons. The van der Waals surface area contributed by atoms with Gasteiger partial charge >= 0.3 is 0 Å². The number of hydrogen-bond donors (Lipinski definition) is 1. The summed E-state index contributed by atoms with van der Waals surface area (Å²) in [5, 5.41) is 12.8. The third-order valence-corrected chi connectivity index (χ3v) is 4.03. The minimum absolute atomic E-state index is 0.0841. The van der Waals surface area contributed by atoms with E-state index in [0.29, 0.717) is 12.2 Å². The lowest BCUT2D eigenvalue weighted by Crippen LogP contribution is -2.21. The first-order valence-corrected chi connectivity index (χ1v) is 7.18. The van der Waals surface area contributed by atoms with Gasteiger partial charge in [0.2, 0.25) is 0 Å². The molecule has 0 fully saturated rings. The van der Waals surface area contributed by atoms with Gasteiger partial charge < -0.3 is 10.6 Å². The lowest BCUT2D eigenvalue weighted by Gasteiger charge is -2.17. The van der Waals surface area contributed by atoms with Crippen LogP contribution in [0.2, 0.25) is 0 Å². The Morgan fingerprint density at radius 2 is 2.20 bits per heavy atom. The number of likely N-dealkylation sites (N-methyl/N-ethyl adjacent to an activating group) is 1. The van der Waals surface area contributed by atoms with Crippen LogP contribution in [0.15, 0.2) is 35.7 Å². The maximum absolute atomic E-state index is 10.8. The van der Waals surface area contributed by atoms with Gasteiger partial charge in [-0.15, -0.1) is 11.3 Å². The molecular weight excluding hydrogens is 274 g/mol. The Morgan fingerprint density at radius 1 is 1.40 bits per heavy atom. The average molecular weight is 291 g/mol. The molecule has 2 N–H and O–H groups in total. The van der Waals surface area contributed by atoms with Gasteiger partial charge in [-0.1, -0.05) is 6.07 Å². The van der Waals surface area contributed by atoms with E-state index in [4.69, 9.17) is 5.73 Å². The SMILES string of the molecule is CN(CCc1cccs1)Cc1cc([N+](=O)[O-])ccc1N. The Kier molecular flexibility index (Phi) is 4.70. The molecule has 6 heteroatoms. The zero-order valence-corrected chi connectivity index (χ0v) is 12.1. The summed E-state index contributed by atoms with van der Waals surface area (Å²) in [6.07, 6.45) is 0.975. The van der Waals surface area contributed by atoms with Gasteiger partial charge in [0.1, 0.15) is 0 Å². The second-order valence-corrected chi connectivity index (χ2v) is 5.74. The number of anilines is 1. The van der Waals surface area contributed by atoms with Gasteiger partial charge in [-0.2, -0.15) is 0 Å². The Labute approximate surface area is 121 Å². The molecule has 0 atom stereocenters. The number of nitrogen functional groups attached to an aromatic ring is 1. The molecule has 2 aromatic rings. The van der Waals surface area contributed by atoms with Crippen LogP contribution in [0.5, 0.6) is 0 Å². The Morgan fingerprint density at radius 3 is 2.85 bits per heavy atom. The first-order chi connectivity index (χ1) is 9.56. The van der Waals surface area contributed by atoms with Gasteiger partial charge in [-0.05, 0) is 36.5 Å². The van der Waals surface area contributed by atoms with Gasteiger partial charge in [0.05, 0.1) is 4.92 Å². The van der Waals surface area contributed by atoms with Crippen LogP contribution in [-0.4, -0.2) is 23.4 Å². The van der Waals surface area contributed by atoms with Crippen molar-refractivity contribution in [2.75, 3.05) is 19.3 Å². The molecule has 0 aliphatic carbocycles. The minimum Gasteiger partial charge on any atom is -0.398 e. The van der Waals surface area contributed by atoms with Crippen LogP contribution >= 0.6 is 11.3 Å². The summed E-state index contributed by atoms with van der Waals surface area (Å²) in [5.74, 6) is 0. The molecule has 1 heterocycles. The van der Waals surface area contributed by atoms with Crippen LogP contribution < -0.4 is 5.73 Å². The lowest BCUT2D eigenvalue weighted by molar-refractivity contribution is -0.384. The number of nitro groups is 1. The highest BCUT2D eigenvalue weighted by molar-refractivity contribution is 7.09. The van der Waals surface area contributed by atoms with Crippen molar-refractivity contribution < 1.29 is 4.92 Å². The maximum atomic E-state index is 10.8. The van der Waals surface area contributed by atoms with E-state index in [9.17, 15) is 10.1 Å². The predicted molar refractivity (Wildman–Crippen MR) is 81.9 cm³/mol. The summed E-state index contributed by atoms with van der Waals surface area (Å²) in [4.78, 5) is 13.8. The molecule has 1 aromatic heterocycles. The Hall–Kier alpha value is -1.92. The number of hydrogen-bond acceptors (Lipinski definition) is 5. The van der Waals surface area contributed by atoms with Crippen molar-refractivity contribution in [2.45, 2.75) is 13.0 Å². The second-order valence-electron chi connectivity index (χ2n) is 4.71. The van der Waals surface area contributed by atoms with Crippen LogP contribution in [0.3, 0.4) is 0 Å². The number of rotatable bonds is 6. The van der Waals surface area contributed by atoms with Crippen LogP contribution in [0, 0.1) is 10.1 Å². The molecule has 0 saturated carbocycles. The zero-order valence-electron chi connectivity index (χ0n) is 11.3. The highest BCUT2D eigenvalue weighted by atomic mass is 32.1. The fourth-order valence-corrected chi connectivity index (χ4v) is 2.67. The van der Waals surface area contributed by atoms with Crippen molar-refractivity contribution in [3.05, 3.63) is 56.3 Å². The van der Waals surface area contributed by atoms with Gasteiger partial charge in [0, 0.05) is 35.8 Å². The van der Waals surface area contributed by atoms with Crippen LogP contribution in [-0.2, 0) is 13.0 Å². The number of nitrogens with zero attached hydrogens (tertiary/aromatic N) is 2.